The van der Waals surface area contributed by atoms with Crippen LogP contribution >= 0.6 is 12.6 Å². The highest BCUT2D eigenvalue weighted by molar-refractivity contribution is 7.79. The maximum absolute atomic E-state index is 5.00. The zero-order valence-electron chi connectivity index (χ0n) is 9.11. The quantitative estimate of drug-likeness (QED) is 0.672. The first-order valence-electron chi connectivity index (χ1n) is 4.62. The van der Waals surface area contributed by atoms with Crippen molar-refractivity contribution >= 4 is 23.6 Å². The number of fused-ring (bicyclic) bond motifs is 1. The third-order valence-electron chi connectivity index (χ3n) is 1.58. The molecule has 0 N–H and O–H groups in total. The molecule has 1 heterocycles. The van der Waals surface area contributed by atoms with Gasteiger partial charge in [-0.25, -0.2) is 0 Å². The first-order chi connectivity index (χ1) is 6.88. The normalized spacial score (nSPS) is 8.36. The fraction of sp³-hybridized carbons (Fsp3) is 0.364. The predicted molar refractivity (Wildman–Crippen MR) is 65.0 cm³/mol. The predicted octanol–water partition coefficient (Wildman–Crippen LogP) is 3.71. The summed E-state index contributed by atoms with van der Waals surface area (Å²) < 4.78 is 5.00. The van der Waals surface area contributed by atoms with Gasteiger partial charge < -0.3 is 4.52 Å². The summed E-state index contributed by atoms with van der Waals surface area (Å²) in [6.45, 7) is 6.01. The minimum atomic E-state index is 0.891. The number of hydrogen-bond acceptors (Lipinski definition) is 3. The van der Waals surface area contributed by atoms with Gasteiger partial charge in [0.15, 0.2) is 5.58 Å². The Bertz CT molecular complexity index is 357. The van der Waals surface area contributed by atoms with Crippen molar-refractivity contribution < 1.29 is 4.52 Å². The van der Waals surface area contributed by atoms with Crippen LogP contribution in [-0.2, 0) is 0 Å². The van der Waals surface area contributed by atoms with Crippen molar-refractivity contribution in [3.05, 3.63) is 30.0 Å². The van der Waals surface area contributed by atoms with E-state index in [2.05, 4.69) is 17.8 Å². The zero-order chi connectivity index (χ0) is 11.0. The maximum Gasteiger partial charge on any atom is 0.169 e. The lowest BCUT2D eigenvalue weighted by molar-refractivity contribution is 0.455. The van der Waals surface area contributed by atoms with Crippen LogP contribution in [0.25, 0.3) is 11.0 Å². The number of aromatic nitrogens is 1. The number of rotatable bonds is 0. The van der Waals surface area contributed by atoms with Crippen molar-refractivity contribution in [3.8, 4) is 0 Å². The summed E-state index contributed by atoms with van der Waals surface area (Å²) in [5.74, 6) is 0. The summed E-state index contributed by atoms with van der Waals surface area (Å²) in [6.07, 6.45) is 3.42. The summed E-state index contributed by atoms with van der Waals surface area (Å²) in [4.78, 5) is 0. The maximum atomic E-state index is 5.00. The van der Waals surface area contributed by atoms with Gasteiger partial charge in [0, 0.05) is 5.39 Å². The molecule has 1 aromatic carbocycles. The van der Waals surface area contributed by atoms with Crippen LogP contribution in [0.5, 0.6) is 0 Å². The average molecular weight is 211 g/mol. The monoisotopic (exact) mass is 211 g/mol. The summed E-state index contributed by atoms with van der Waals surface area (Å²) in [7, 11) is 0. The van der Waals surface area contributed by atoms with E-state index in [1.54, 1.807) is 12.5 Å². The van der Waals surface area contributed by atoms with Gasteiger partial charge in [0.1, 0.15) is 0 Å². The minimum Gasteiger partial charge on any atom is -0.356 e. The molecule has 3 heteroatoms. The first-order valence-corrected chi connectivity index (χ1v) is 5.52. The lowest BCUT2D eigenvalue weighted by Crippen LogP contribution is -1.69. The molecular formula is C11H17NOS. The van der Waals surface area contributed by atoms with Crippen molar-refractivity contribution in [2.45, 2.75) is 20.8 Å². The third-order valence-corrected chi connectivity index (χ3v) is 1.58. The van der Waals surface area contributed by atoms with E-state index in [1.807, 2.05) is 39.0 Å². The highest BCUT2D eigenvalue weighted by Gasteiger charge is 1.98. The van der Waals surface area contributed by atoms with Gasteiger partial charge in [-0.2, -0.15) is 12.6 Å². The molecule has 0 atom stereocenters. The molecule has 0 aliphatic carbocycles. The van der Waals surface area contributed by atoms with Crippen LogP contribution in [-0.4, -0.2) is 11.4 Å². The molecule has 2 rings (SSSR count). The Labute approximate surface area is 90.7 Å². The van der Waals surface area contributed by atoms with E-state index >= 15 is 0 Å². The number of aryl methyl sites for hydroxylation is 1. The van der Waals surface area contributed by atoms with Gasteiger partial charge in [-0.05, 0) is 24.8 Å². The largest absolute Gasteiger partial charge is 0.356 e. The molecule has 0 amide bonds. The first kappa shape index (κ1) is 13.0. The fourth-order valence-electron chi connectivity index (χ4n) is 1.04. The van der Waals surface area contributed by atoms with Gasteiger partial charge in [0.25, 0.3) is 0 Å². The fourth-order valence-corrected chi connectivity index (χ4v) is 1.04. The highest BCUT2D eigenvalue weighted by atomic mass is 32.1. The third kappa shape index (κ3) is 3.07. The molecule has 0 aliphatic rings. The molecule has 0 spiro atoms. The second-order valence-electron chi connectivity index (χ2n) is 2.32. The smallest absolute Gasteiger partial charge is 0.169 e. The second-order valence-corrected chi connectivity index (χ2v) is 2.32. The lowest BCUT2D eigenvalue weighted by Gasteiger charge is -1.88. The molecule has 0 fully saturated rings. The van der Waals surface area contributed by atoms with E-state index in [-0.39, 0.29) is 0 Å². The molecular weight excluding hydrogens is 194 g/mol. The SMILES string of the molecule is CC.CS.Cc1cccc2cnoc12. The van der Waals surface area contributed by atoms with Crippen LogP contribution in [0.15, 0.2) is 28.9 Å². The summed E-state index contributed by atoms with van der Waals surface area (Å²) in [6, 6.07) is 5.99. The summed E-state index contributed by atoms with van der Waals surface area (Å²) in [5, 5.41) is 4.76. The Kier molecular flexibility index (Phi) is 6.93. The van der Waals surface area contributed by atoms with E-state index in [0.29, 0.717) is 0 Å². The van der Waals surface area contributed by atoms with Crippen molar-refractivity contribution in [1.29, 1.82) is 0 Å². The number of hydrogen-bond donors (Lipinski definition) is 1. The molecule has 78 valence electrons. The van der Waals surface area contributed by atoms with Crippen LogP contribution in [0, 0.1) is 6.92 Å². The molecule has 0 radical (unpaired) electrons. The molecule has 1 aromatic heterocycles. The Hall–Kier alpha value is -0.960. The van der Waals surface area contributed by atoms with Crippen LogP contribution in [0.2, 0.25) is 0 Å². The molecule has 0 saturated carbocycles. The van der Waals surface area contributed by atoms with Gasteiger partial charge in [-0.1, -0.05) is 31.1 Å². The lowest BCUT2D eigenvalue weighted by atomic mass is 10.2. The number of thiol groups is 1. The van der Waals surface area contributed by atoms with Crippen molar-refractivity contribution in [2.24, 2.45) is 0 Å². The average Bonchev–Trinajstić information content (AvgIpc) is 2.73. The number of para-hydroxylation sites is 1. The standard InChI is InChI=1S/C8H7NO.C2H6.CH4S/c1-6-3-2-4-7-5-9-10-8(6)7;2*1-2/h2-5H,1H3;1-2H3;2H,1H3. The van der Waals surface area contributed by atoms with Gasteiger partial charge in [-0.15, -0.1) is 0 Å². The molecule has 0 aliphatic heterocycles. The van der Waals surface area contributed by atoms with E-state index in [9.17, 15) is 0 Å². The molecule has 2 nitrogen and oxygen atoms in total. The molecule has 0 unspecified atom stereocenters. The Morgan fingerprint density at radius 2 is 1.86 bits per heavy atom. The van der Waals surface area contributed by atoms with Gasteiger partial charge in [0.2, 0.25) is 0 Å². The van der Waals surface area contributed by atoms with E-state index < -0.39 is 0 Å². The molecule has 14 heavy (non-hydrogen) atoms. The molecule has 2 aromatic rings. The number of benzene rings is 1. The van der Waals surface area contributed by atoms with Crippen LogP contribution in [0.4, 0.5) is 0 Å². The van der Waals surface area contributed by atoms with Crippen molar-refractivity contribution in [1.82, 2.24) is 5.16 Å². The Morgan fingerprint density at radius 1 is 1.21 bits per heavy atom. The topological polar surface area (TPSA) is 26.0 Å². The highest BCUT2D eigenvalue weighted by Crippen LogP contribution is 2.16. The van der Waals surface area contributed by atoms with E-state index in [0.717, 1.165) is 16.5 Å². The Morgan fingerprint density at radius 3 is 2.43 bits per heavy atom. The van der Waals surface area contributed by atoms with Crippen LogP contribution in [0.3, 0.4) is 0 Å². The summed E-state index contributed by atoms with van der Waals surface area (Å²) >= 11 is 3.53. The minimum absolute atomic E-state index is 0.891. The Balaban J connectivity index is 0.000000379. The summed E-state index contributed by atoms with van der Waals surface area (Å²) in [5.41, 5.74) is 2.03. The van der Waals surface area contributed by atoms with E-state index in [4.69, 9.17) is 4.52 Å². The second kappa shape index (κ2) is 7.44. The molecule has 0 saturated heterocycles. The van der Waals surface area contributed by atoms with Crippen molar-refractivity contribution in [3.63, 3.8) is 0 Å². The van der Waals surface area contributed by atoms with Gasteiger partial charge in [0.05, 0.1) is 6.20 Å². The van der Waals surface area contributed by atoms with Gasteiger partial charge >= 0.3 is 0 Å². The van der Waals surface area contributed by atoms with Crippen molar-refractivity contribution in [2.75, 3.05) is 6.26 Å². The number of nitrogens with zero attached hydrogens (tertiary/aromatic N) is 1. The van der Waals surface area contributed by atoms with Crippen LogP contribution in [0.1, 0.15) is 19.4 Å². The van der Waals surface area contributed by atoms with Crippen LogP contribution < -0.4 is 0 Å². The van der Waals surface area contributed by atoms with Gasteiger partial charge in [-0.3, -0.25) is 0 Å². The van der Waals surface area contributed by atoms with E-state index in [1.165, 1.54) is 0 Å². The molecule has 0 bridgehead atoms. The zero-order valence-corrected chi connectivity index (χ0v) is 10.0.